The maximum Gasteiger partial charge on any atom is 0.260 e. The molecule has 1 nitrogen and oxygen atoms in total. The quantitative estimate of drug-likeness (QED) is 0.778. The SMILES string of the molecule is Cc1cccc(C)c1C(C)(N)C(F)F. The smallest absolute Gasteiger partial charge is 0.260 e. The molecule has 1 aromatic carbocycles. The van der Waals surface area contributed by atoms with Gasteiger partial charge in [0.15, 0.2) is 0 Å². The van der Waals surface area contributed by atoms with Crippen LogP contribution in [-0.2, 0) is 5.54 Å². The van der Waals surface area contributed by atoms with Crippen molar-refractivity contribution < 1.29 is 8.78 Å². The van der Waals surface area contributed by atoms with Gasteiger partial charge in [0.25, 0.3) is 6.43 Å². The Balaban J connectivity index is 3.31. The van der Waals surface area contributed by atoms with Crippen LogP contribution in [0.5, 0.6) is 0 Å². The van der Waals surface area contributed by atoms with Gasteiger partial charge in [-0.15, -0.1) is 0 Å². The van der Waals surface area contributed by atoms with Crippen LogP contribution in [-0.4, -0.2) is 6.43 Å². The Bertz CT molecular complexity index is 312. The van der Waals surface area contributed by atoms with Crippen molar-refractivity contribution in [2.24, 2.45) is 5.73 Å². The molecule has 0 radical (unpaired) electrons. The number of rotatable bonds is 2. The Kier molecular flexibility index (Phi) is 2.90. The second-order valence-corrected chi connectivity index (χ2v) is 3.85. The Hall–Kier alpha value is -0.960. The molecule has 0 fully saturated rings. The first-order chi connectivity index (χ1) is 6.37. The minimum absolute atomic E-state index is 0.551. The van der Waals surface area contributed by atoms with Crippen LogP contribution in [0, 0.1) is 13.8 Å². The summed E-state index contributed by atoms with van der Waals surface area (Å²) in [4.78, 5) is 0. The van der Waals surface area contributed by atoms with Crippen molar-refractivity contribution in [3.63, 3.8) is 0 Å². The van der Waals surface area contributed by atoms with Crippen LogP contribution in [0.1, 0.15) is 23.6 Å². The lowest BCUT2D eigenvalue weighted by atomic mass is 9.86. The number of benzene rings is 1. The molecule has 1 rings (SSSR count). The first-order valence-electron chi connectivity index (χ1n) is 4.51. The molecule has 0 spiro atoms. The molecule has 1 unspecified atom stereocenters. The van der Waals surface area contributed by atoms with Crippen LogP contribution < -0.4 is 5.73 Å². The minimum Gasteiger partial charge on any atom is -0.317 e. The summed E-state index contributed by atoms with van der Waals surface area (Å²) in [6.45, 7) is 4.97. The highest BCUT2D eigenvalue weighted by molar-refractivity contribution is 5.39. The van der Waals surface area contributed by atoms with E-state index in [-0.39, 0.29) is 0 Å². The van der Waals surface area contributed by atoms with Gasteiger partial charge in [-0.1, -0.05) is 18.2 Å². The number of aryl methyl sites for hydroxylation is 2. The van der Waals surface area contributed by atoms with Gasteiger partial charge in [0, 0.05) is 0 Å². The van der Waals surface area contributed by atoms with E-state index in [4.69, 9.17) is 5.73 Å². The van der Waals surface area contributed by atoms with Gasteiger partial charge in [0.2, 0.25) is 0 Å². The van der Waals surface area contributed by atoms with E-state index in [0.717, 1.165) is 11.1 Å². The van der Waals surface area contributed by atoms with E-state index in [1.54, 1.807) is 26.0 Å². The third-order valence-electron chi connectivity index (χ3n) is 2.47. The molecule has 0 saturated heterocycles. The molecular weight excluding hydrogens is 184 g/mol. The predicted octanol–water partition coefficient (Wildman–Crippen LogP) is 2.74. The van der Waals surface area contributed by atoms with E-state index in [1.165, 1.54) is 6.92 Å². The van der Waals surface area contributed by atoms with Crippen molar-refractivity contribution in [3.8, 4) is 0 Å². The second-order valence-electron chi connectivity index (χ2n) is 3.85. The van der Waals surface area contributed by atoms with Crippen LogP contribution in [0.15, 0.2) is 18.2 Å². The first kappa shape index (κ1) is 11.1. The summed E-state index contributed by atoms with van der Waals surface area (Å²) in [6, 6.07) is 5.45. The van der Waals surface area contributed by atoms with E-state index < -0.39 is 12.0 Å². The predicted molar refractivity (Wildman–Crippen MR) is 53.5 cm³/mol. The van der Waals surface area contributed by atoms with Crippen LogP contribution in [0.25, 0.3) is 0 Å². The van der Waals surface area contributed by atoms with Crippen LogP contribution in [0.4, 0.5) is 8.78 Å². The van der Waals surface area contributed by atoms with Gasteiger partial charge in [0.05, 0.1) is 0 Å². The van der Waals surface area contributed by atoms with Gasteiger partial charge in [-0.05, 0) is 37.5 Å². The maximum atomic E-state index is 12.7. The summed E-state index contributed by atoms with van der Waals surface area (Å²) >= 11 is 0. The number of alkyl halides is 2. The van der Waals surface area contributed by atoms with Crippen molar-refractivity contribution >= 4 is 0 Å². The molecule has 0 bridgehead atoms. The highest BCUT2D eigenvalue weighted by Crippen LogP contribution is 2.30. The molecule has 1 atom stereocenters. The Morgan fingerprint density at radius 2 is 1.64 bits per heavy atom. The first-order valence-corrected chi connectivity index (χ1v) is 4.51. The van der Waals surface area contributed by atoms with Gasteiger partial charge in [-0.3, -0.25) is 0 Å². The molecule has 3 heteroatoms. The second kappa shape index (κ2) is 3.65. The minimum atomic E-state index is -2.55. The Morgan fingerprint density at radius 3 is 2.00 bits per heavy atom. The molecule has 0 aromatic heterocycles. The molecule has 0 aliphatic heterocycles. The van der Waals surface area contributed by atoms with Gasteiger partial charge in [-0.2, -0.15) is 0 Å². The van der Waals surface area contributed by atoms with E-state index in [2.05, 4.69) is 0 Å². The molecule has 78 valence electrons. The van der Waals surface area contributed by atoms with Crippen molar-refractivity contribution in [2.45, 2.75) is 32.7 Å². The zero-order valence-corrected chi connectivity index (χ0v) is 8.64. The number of halogens is 2. The van der Waals surface area contributed by atoms with Crippen molar-refractivity contribution in [1.29, 1.82) is 0 Å². The molecule has 0 aliphatic rings. The summed E-state index contributed by atoms with van der Waals surface area (Å²) in [5.74, 6) is 0. The molecular formula is C11H15F2N. The average Bonchev–Trinajstić information content (AvgIpc) is 2.02. The summed E-state index contributed by atoms with van der Waals surface area (Å²) in [5, 5.41) is 0. The summed E-state index contributed by atoms with van der Waals surface area (Å²) < 4.78 is 25.5. The van der Waals surface area contributed by atoms with Gasteiger partial charge in [-0.25, -0.2) is 8.78 Å². The summed E-state index contributed by atoms with van der Waals surface area (Å²) in [6.07, 6.45) is -2.55. The standard InChI is InChI=1S/C11H15F2N/c1-7-5-4-6-8(2)9(7)11(3,14)10(12)13/h4-6,10H,14H2,1-3H3. The highest BCUT2D eigenvalue weighted by atomic mass is 19.3. The van der Waals surface area contributed by atoms with E-state index in [0.29, 0.717) is 5.56 Å². The molecule has 1 aromatic rings. The van der Waals surface area contributed by atoms with Crippen LogP contribution >= 0.6 is 0 Å². The number of hydrogen-bond acceptors (Lipinski definition) is 1. The zero-order chi connectivity index (χ0) is 10.9. The van der Waals surface area contributed by atoms with E-state index in [1.807, 2.05) is 6.07 Å². The fraction of sp³-hybridized carbons (Fsp3) is 0.455. The Labute approximate surface area is 82.9 Å². The maximum absolute atomic E-state index is 12.7. The van der Waals surface area contributed by atoms with Crippen molar-refractivity contribution in [2.75, 3.05) is 0 Å². The third-order valence-corrected chi connectivity index (χ3v) is 2.47. The molecule has 14 heavy (non-hydrogen) atoms. The van der Waals surface area contributed by atoms with Crippen molar-refractivity contribution in [1.82, 2.24) is 0 Å². The zero-order valence-electron chi connectivity index (χ0n) is 8.64. The average molecular weight is 199 g/mol. The van der Waals surface area contributed by atoms with Crippen molar-refractivity contribution in [3.05, 3.63) is 34.9 Å². The number of nitrogens with two attached hydrogens (primary N) is 1. The largest absolute Gasteiger partial charge is 0.317 e. The molecule has 0 saturated carbocycles. The monoisotopic (exact) mass is 199 g/mol. The summed E-state index contributed by atoms with van der Waals surface area (Å²) in [5.41, 5.74) is 6.25. The van der Waals surface area contributed by atoms with Crippen LogP contribution in [0.3, 0.4) is 0 Å². The molecule has 0 amide bonds. The fourth-order valence-electron chi connectivity index (χ4n) is 1.77. The van der Waals surface area contributed by atoms with Gasteiger partial charge >= 0.3 is 0 Å². The lowest BCUT2D eigenvalue weighted by molar-refractivity contribution is 0.0618. The molecule has 2 N–H and O–H groups in total. The Morgan fingerprint density at radius 1 is 1.21 bits per heavy atom. The van der Waals surface area contributed by atoms with Gasteiger partial charge < -0.3 is 5.73 Å². The van der Waals surface area contributed by atoms with E-state index in [9.17, 15) is 8.78 Å². The molecule has 0 aliphatic carbocycles. The lowest BCUT2D eigenvalue weighted by Gasteiger charge is -2.27. The van der Waals surface area contributed by atoms with Crippen LogP contribution in [0.2, 0.25) is 0 Å². The summed E-state index contributed by atoms with van der Waals surface area (Å²) in [7, 11) is 0. The highest BCUT2D eigenvalue weighted by Gasteiger charge is 2.34. The fourth-order valence-corrected chi connectivity index (χ4v) is 1.77. The topological polar surface area (TPSA) is 26.0 Å². The van der Waals surface area contributed by atoms with Gasteiger partial charge in [0.1, 0.15) is 5.54 Å². The lowest BCUT2D eigenvalue weighted by Crippen LogP contribution is -2.41. The normalized spacial score (nSPS) is 15.6. The number of hydrogen-bond donors (Lipinski definition) is 1. The van der Waals surface area contributed by atoms with E-state index >= 15 is 0 Å². The molecule has 0 heterocycles. The third kappa shape index (κ3) is 1.77.